The highest BCUT2D eigenvalue weighted by atomic mass is 79.9. The summed E-state index contributed by atoms with van der Waals surface area (Å²) in [4.78, 5) is 26.6. The maximum Gasteiger partial charge on any atom is 0.248 e. The second-order valence-electron chi connectivity index (χ2n) is 5.44. The fourth-order valence-corrected chi connectivity index (χ4v) is 2.98. The highest BCUT2D eigenvalue weighted by molar-refractivity contribution is 9.10. The van der Waals surface area contributed by atoms with Crippen molar-refractivity contribution >= 4 is 27.7 Å². The number of nitrogens with zero attached hydrogens (tertiary/aromatic N) is 1. The predicted molar refractivity (Wildman–Crippen MR) is 85.6 cm³/mol. The van der Waals surface area contributed by atoms with Gasteiger partial charge in [-0.05, 0) is 30.5 Å². The zero-order valence-corrected chi connectivity index (χ0v) is 14.1. The third-order valence-corrected chi connectivity index (χ3v) is 4.71. The summed E-state index contributed by atoms with van der Waals surface area (Å²) >= 11 is 3.41. The number of carbonyl (C=O) groups is 2. The Kier molecular flexibility index (Phi) is 5.04. The normalized spacial score (nSPS) is 18.3. The molecule has 1 heterocycles. The Morgan fingerprint density at radius 1 is 1.19 bits per heavy atom. The molecule has 1 aromatic rings. The van der Waals surface area contributed by atoms with E-state index in [1.54, 1.807) is 4.90 Å². The summed E-state index contributed by atoms with van der Waals surface area (Å²) in [7, 11) is 0. The highest BCUT2D eigenvalue weighted by Crippen LogP contribution is 2.23. The topological polar surface area (TPSA) is 49.4 Å². The minimum atomic E-state index is -0.747. The molecule has 0 unspecified atom stereocenters. The van der Waals surface area contributed by atoms with E-state index in [1.807, 2.05) is 38.1 Å². The lowest BCUT2D eigenvalue weighted by atomic mass is 9.91. The lowest BCUT2D eigenvalue weighted by Gasteiger charge is -2.33. The number of amides is 2. The van der Waals surface area contributed by atoms with Crippen LogP contribution in [0.1, 0.15) is 38.7 Å². The average molecular weight is 353 g/mol. The Morgan fingerprint density at radius 2 is 1.81 bits per heavy atom. The molecule has 4 nitrogen and oxygen atoms in total. The van der Waals surface area contributed by atoms with Gasteiger partial charge in [-0.15, -0.1) is 0 Å². The lowest BCUT2D eigenvalue weighted by Crippen LogP contribution is -2.56. The van der Waals surface area contributed by atoms with Crippen LogP contribution in [0, 0.1) is 0 Å². The van der Waals surface area contributed by atoms with Gasteiger partial charge in [-0.3, -0.25) is 9.59 Å². The van der Waals surface area contributed by atoms with Gasteiger partial charge in [0.15, 0.2) is 0 Å². The van der Waals surface area contributed by atoms with Crippen molar-refractivity contribution in [1.29, 1.82) is 0 Å². The van der Waals surface area contributed by atoms with Gasteiger partial charge in [0.2, 0.25) is 11.8 Å². The summed E-state index contributed by atoms with van der Waals surface area (Å²) in [6.07, 6.45) is 1.60. The maximum absolute atomic E-state index is 12.8. The third-order valence-electron chi connectivity index (χ3n) is 4.18. The average Bonchev–Trinajstić information content (AvgIpc) is 2.61. The van der Waals surface area contributed by atoms with Crippen molar-refractivity contribution in [2.75, 3.05) is 6.54 Å². The van der Waals surface area contributed by atoms with Crippen LogP contribution in [-0.2, 0) is 16.1 Å². The van der Waals surface area contributed by atoms with Crippen LogP contribution in [0.25, 0.3) is 0 Å². The van der Waals surface area contributed by atoms with E-state index in [-0.39, 0.29) is 11.8 Å². The first-order valence-electron chi connectivity index (χ1n) is 7.35. The molecule has 1 aromatic carbocycles. The number of nitrogens with one attached hydrogen (secondary N) is 1. The summed E-state index contributed by atoms with van der Waals surface area (Å²) in [5.41, 5.74) is 0.324. The molecule has 1 fully saturated rings. The number of benzene rings is 1. The molecule has 1 saturated heterocycles. The van der Waals surface area contributed by atoms with E-state index in [4.69, 9.17) is 0 Å². The second-order valence-corrected chi connectivity index (χ2v) is 6.36. The first kappa shape index (κ1) is 16.0. The molecule has 1 N–H and O–H groups in total. The largest absolute Gasteiger partial charge is 0.342 e. The molecule has 0 aliphatic carbocycles. The second kappa shape index (κ2) is 6.60. The Bertz CT molecular complexity index is 524. The first-order valence-corrected chi connectivity index (χ1v) is 8.15. The Labute approximate surface area is 134 Å². The van der Waals surface area contributed by atoms with Crippen molar-refractivity contribution < 1.29 is 9.59 Å². The molecule has 0 aromatic heterocycles. The zero-order chi connectivity index (χ0) is 15.5. The van der Waals surface area contributed by atoms with E-state index in [0.717, 1.165) is 10.0 Å². The molecule has 2 amide bonds. The van der Waals surface area contributed by atoms with Crippen molar-refractivity contribution in [3.05, 3.63) is 34.3 Å². The summed E-state index contributed by atoms with van der Waals surface area (Å²) in [5, 5.41) is 2.93. The van der Waals surface area contributed by atoms with Gasteiger partial charge in [0.25, 0.3) is 0 Å². The van der Waals surface area contributed by atoms with Gasteiger partial charge in [0.1, 0.15) is 5.54 Å². The Morgan fingerprint density at radius 3 is 2.38 bits per heavy atom. The van der Waals surface area contributed by atoms with Crippen LogP contribution in [0.4, 0.5) is 0 Å². The number of rotatable bonds is 4. The van der Waals surface area contributed by atoms with Crippen LogP contribution >= 0.6 is 15.9 Å². The number of halogens is 1. The lowest BCUT2D eigenvalue weighted by molar-refractivity contribution is -0.139. The van der Waals surface area contributed by atoms with Crippen molar-refractivity contribution in [2.45, 2.75) is 45.2 Å². The van der Waals surface area contributed by atoms with Gasteiger partial charge >= 0.3 is 0 Å². The molecule has 0 spiro atoms. The van der Waals surface area contributed by atoms with Crippen LogP contribution < -0.4 is 5.32 Å². The van der Waals surface area contributed by atoms with Gasteiger partial charge in [0.05, 0.1) is 0 Å². The number of carbonyl (C=O) groups excluding carboxylic acids is 2. The number of hydrogen-bond acceptors (Lipinski definition) is 2. The highest BCUT2D eigenvalue weighted by Gasteiger charge is 2.41. The molecule has 2 rings (SSSR count). The van der Waals surface area contributed by atoms with Gasteiger partial charge in [0, 0.05) is 24.0 Å². The molecule has 5 heteroatoms. The summed E-state index contributed by atoms with van der Waals surface area (Å²) in [5.74, 6) is -0.00775. The number of hydrogen-bond donors (Lipinski definition) is 1. The standard InChI is InChI=1S/C16H21BrN2O2/c1-3-16(4-2)15(21)19(10-9-14(20)18-16)11-12-5-7-13(17)8-6-12/h5-8H,3-4,9-11H2,1-2H3,(H,18,20). The predicted octanol–water partition coefficient (Wildman–Crippen LogP) is 2.86. The van der Waals surface area contributed by atoms with Gasteiger partial charge in [-0.2, -0.15) is 0 Å². The fourth-order valence-electron chi connectivity index (χ4n) is 2.71. The summed E-state index contributed by atoms with van der Waals surface area (Å²) < 4.78 is 1.02. The quantitative estimate of drug-likeness (QED) is 0.905. The molecule has 0 saturated carbocycles. The van der Waals surface area contributed by atoms with Crippen LogP contribution in [-0.4, -0.2) is 28.8 Å². The minimum absolute atomic E-state index is 0.0290. The van der Waals surface area contributed by atoms with E-state index in [9.17, 15) is 9.59 Å². The smallest absolute Gasteiger partial charge is 0.248 e. The fraction of sp³-hybridized carbons (Fsp3) is 0.500. The Hall–Kier alpha value is -1.36. The molecule has 0 radical (unpaired) electrons. The van der Waals surface area contributed by atoms with Crippen LogP contribution in [0.5, 0.6) is 0 Å². The molecule has 21 heavy (non-hydrogen) atoms. The van der Waals surface area contributed by atoms with E-state index >= 15 is 0 Å². The third kappa shape index (κ3) is 3.46. The monoisotopic (exact) mass is 352 g/mol. The van der Waals surface area contributed by atoms with Gasteiger partial charge in [-0.1, -0.05) is 41.9 Å². The van der Waals surface area contributed by atoms with E-state index in [0.29, 0.717) is 32.4 Å². The van der Waals surface area contributed by atoms with Crippen LogP contribution in [0.3, 0.4) is 0 Å². The van der Waals surface area contributed by atoms with E-state index in [2.05, 4.69) is 21.2 Å². The SMILES string of the molecule is CCC1(CC)NC(=O)CCN(Cc2ccc(Br)cc2)C1=O. The Balaban J connectivity index is 2.23. The van der Waals surface area contributed by atoms with Crippen molar-refractivity contribution in [1.82, 2.24) is 10.2 Å². The van der Waals surface area contributed by atoms with Crippen molar-refractivity contribution in [3.63, 3.8) is 0 Å². The summed E-state index contributed by atoms with van der Waals surface area (Å²) in [6.45, 7) is 4.92. The van der Waals surface area contributed by atoms with Crippen molar-refractivity contribution in [2.24, 2.45) is 0 Å². The minimum Gasteiger partial charge on any atom is -0.342 e. The maximum atomic E-state index is 12.8. The molecule has 1 aliphatic heterocycles. The molecule has 0 atom stereocenters. The molecule has 0 bridgehead atoms. The van der Waals surface area contributed by atoms with Crippen molar-refractivity contribution in [3.8, 4) is 0 Å². The zero-order valence-electron chi connectivity index (χ0n) is 12.5. The van der Waals surface area contributed by atoms with E-state index < -0.39 is 5.54 Å². The summed E-state index contributed by atoms with van der Waals surface area (Å²) in [6, 6.07) is 7.93. The molecule has 114 valence electrons. The van der Waals surface area contributed by atoms with Gasteiger partial charge in [-0.25, -0.2) is 0 Å². The van der Waals surface area contributed by atoms with E-state index in [1.165, 1.54) is 0 Å². The van der Waals surface area contributed by atoms with Gasteiger partial charge < -0.3 is 10.2 Å². The van der Waals surface area contributed by atoms with Crippen LogP contribution in [0.15, 0.2) is 28.7 Å². The first-order chi connectivity index (χ1) is 10.0. The molecular formula is C16H21BrN2O2. The molecular weight excluding hydrogens is 332 g/mol. The van der Waals surface area contributed by atoms with Crippen LogP contribution in [0.2, 0.25) is 0 Å². The molecule has 1 aliphatic rings.